The van der Waals surface area contributed by atoms with E-state index in [1.165, 1.54) is 0 Å². The highest BCUT2D eigenvalue weighted by atomic mass is 79.9. The molecule has 8 heteroatoms. The number of H-pyrrole nitrogens is 1. The van der Waals surface area contributed by atoms with Crippen molar-refractivity contribution in [3.8, 4) is 39.1 Å². The van der Waals surface area contributed by atoms with Crippen molar-refractivity contribution in [3.05, 3.63) is 168 Å². The van der Waals surface area contributed by atoms with Crippen LogP contribution in [0, 0.1) is 0 Å². The highest BCUT2D eigenvalue weighted by Gasteiger charge is 2.28. The smallest absolute Gasteiger partial charge is 0.0737 e. The van der Waals surface area contributed by atoms with Gasteiger partial charge in [0, 0.05) is 51.2 Å². The maximum atomic E-state index is 5.34. The first-order valence-corrected chi connectivity index (χ1v) is 19.8. The number of para-hydroxylation sites is 1. The van der Waals surface area contributed by atoms with Gasteiger partial charge in [-0.15, -0.1) is 0 Å². The molecule has 7 aromatic rings. The molecule has 4 aromatic carbocycles. The largest absolute Gasteiger partial charge is 0.355 e. The van der Waals surface area contributed by atoms with Crippen molar-refractivity contribution in [3.63, 3.8) is 0 Å². The van der Waals surface area contributed by atoms with E-state index >= 15 is 0 Å². The van der Waals surface area contributed by atoms with Crippen LogP contribution in [-0.4, -0.2) is 19.5 Å². The average molecular weight is 930 g/mol. The van der Waals surface area contributed by atoms with Gasteiger partial charge in [-0.25, -0.2) is 9.97 Å². The van der Waals surface area contributed by atoms with E-state index in [1.54, 1.807) is 0 Å². The van der Waals surface area contributed by atoms with Gasteiger partial charge in [-0.1, -0.05) is 115 Å². The average Bonchev–Trinajstić information content (AvgIpc) is 3.95. The van der Waals surface area contributed by atoms with Gasteiger partial charge in [-0.3, -0.25) is 0 Å². The number of hydrogen-bond acceptors (Lipinski definition) is 2. The van der Waals surface area contributed by atoms with Crippen molar-refractivity contribution in [2.45, 2.75) is 0 Å². The van der Waals surface area contributed by atoms with Crippen LogP contribution in [0.25, 0.3) is 85.4 Å². The second-order valence-electron chi connectivity index (χ2n) is 12.4. The lowest BCUT2D eigenvalue weighted by atomic mass is 9.93. The third-order valence-electron chi connectivity index (χ3n) is 9.19. The molecule has 0 amide bonds. The second-order valence-corrected chi connectivity index (χ2v) is 15.9. The van der Waals surface area contributed by atoms with Gasteiger partial charge in [0.2, 0.25) is 0 Å². The lowest BCUT2D eigenvalue weighted by molar-refractivity contribution is 1.16. The van der Waals surface area contributed by atoms with E-state index < -0.39 is 0 Å². The molecule has 0 saturated heterocycles. The maximum Gasteiger partial charge on any atom is 0.0737 e. The number of rotatable bonds is 4. The van der Waals surface area contributed by atoms with Crippen LogP contribution in [0.2, 0.25) is 0 Å². The fourth-order valence-electron chi connectivity index (χ4n) is 6.97. The van der Waals surface area contributed by atoms with Gasteiger partial charge in [0.15, 0.2) is 0 Å². The summed E-state index contributed by atoms with van der Waals surface area (Å²) in [6.45, 7) is 0. The zero-order valence-corrected chi connectivity index (χ0v) is 33.6. The Morgan fingerprint density at radius 3 is 1.52 bits per heavy atom. The summed E-state index contributed by atoms with van der Waals surface area (Å²) in [4.78, 5) is 14.0. The monoisotopic (exact) mass is 926 g/mol. The molecule has 0 fully saturated rings. The van der Waals surface area contributed by atoms with Crippen LogP contribution in [0.4, 0.5) is 0 Å². The number of fused-ring (bicyclic) bond motifs is 8. The molecular weight excluding hydrogens is 904 g/mol. The number of benzene rings is 4. The van der Waals surface area contributed by atoms with Gasteiger partial charge < -0.3 is 9.55 Å². The molecule has 0 saturated carbocycles. The zero-order chi connectivity index (χ0) is 35.3. The predicted octanol–water partition coefficient (Wildman–Crippen LogP) is 14.2. The van der Waals surface area contributed by atoms with E-state index in [1.807, 2.05) is 12.1 Å². The van der Waals surface area contributed by atoms with Crippen molar-refractivity contribution in [1.82, 2.24) is 19.5 Å². The minimum atomic E-state index is 0.845. The summed E-state index contributed by atoms with van der Waals surface area (Å²) < 4.78 is 6.26. The molecule has 8 bridgehead atoms. The van der Waals surface area contributed by atoms with Crippen molar-refractivity contribution in [2.24, 2.45) is 0 Å². The summed E-state index contributed by atoms with van der Waals surface area (Å²) in [5, 5.41) is 0. The molecule has 0 spiro atoms. The number of nitrogens with zero attached hydrogens (tertiary/aromatic N) is 3. The molecule has 0 aliphatic carbocycles. The SMILES string of the molecule is Brc1ccccc1-c1c(-c2ccccc2Br)c2c(-c3ccccc3Br)c3nc(cc4ccc(cc5nc(cc1n2-c1ccccc1Br)C=C5)[nH]4)C=C3. The molecule has 0 atom stereocenters. The van der Waals surface area contributed by atoms with Gasteiger partial charge in [0.25, 0.3) is 0 Å². The minimum absolute atomic E-state index is 0.845. The number of nitrogens with one attached hydrogen (secondary N) is 1. The summed E-state index contributed by atoms with van der Waals surface area (Å²) in [5.41, 5.74) is 14.5. The first kappa shape index (κ1) is 33.3. The van der Waals surface area contributed by atoms with Crippen LogP contribution in [-0.2, 0) is 0 Å². The van der Waals surface area contributed by atoms with E-state index in [9.17, 15) is 0 Å². The fraction of sp³-hybridized carbons (Fsp3) is 0. The second kappa shape index (κ2) is 13.7. The summed E-state index contributed by atoms with van der Waals surface area (Å²) in [7, 11) is 0. The fourth-order valence-corrected chi connectivity index (χ4v) is 8.88. The molecule has 250 valence electrons. The van der Waals surface area contributed by atoms with E-state index in [0.29, 0.717) is 0 Å². The van der Waals surface area contributed by atoms with Crippen LogP contribution < -0.4 is 0 Å². The molecule has 0 unspecified atom stereocenters. The van der Waals surface area contributed by atoms with E-state index in [4.69, 9.17) is 9.97 Å². The molecule has 2 aliphatic rings. The summed E-state index contributed by atoms with van der Waals surface area (Å²) in [6.07, 6.45) is 8.37. The van der Waals surface area contributed by atoms with Crippen LogP contribution in [0.5, 0.6) is 0 Å². The number of halogens is 4. The Bertz CT molecular complexity index is 2810. The highest BCUT2D eigenvalue weighted by molar-refractivity contribution is 9.11. The van der Waals surface area contributed by atoms with E-state index in [0.717, 1.165) is 102 Å². The summed E-state index contributed by atoms with van der Waals surface area (Å²) in [5.74, 6) is 0. The number of aromatic nitrogens is 4. The molecule has 4 nitrogen and oxygen atoms in total. The Kier molecular flexibility index (Phi) is 8.79. The van der Waals surface area contributed by atoms with Crippen molar-refractivity contribution in [1.29, 1.82) is 0 Å². The van der Waals surface area contributed by atoms with Crippen molar-refractivity contribution in [2.75, 3.05) is 0 Å². The van der Waals surface area contributed by atoms with Gasteiger partial charge >= 0.3 is 0 Å². The lowest BCUT2D eigenvalue weighted by Gasteiger charge is -2.15. The zero-order valence-electron chi connectivity index (χ0n) is 27.3. The molecule has 5 heterocycles. The Balaban J connectivity index is 1.66. The van der Waals surface area contributed by atoms with Crippen molar-refractivity contribution < 1.29 is 0 Å². The Hall–Kier alpha value is -4.60. The van der Waals surface area contributed by atoms with Crippen LogP contribution in [0.3, 0.4) is 0 Å². The number of hydrogen-bond donors (Lipinski definition) is 1. The topological polar surface area (TPSA) is 46.5 Å². The molecule has 3 aromatic heterocycles. The Labute approximate surface area is 334 Å². The molecular formula is C44H26Br4N4. The van der Waals surface area contributed by atoms with Crippen molar-refractivity contribution >= 4 is 110 Å². The Morgan fingerprint density at radius 1 is 0.442 bits per heavy atom. The highest BCUT2D eigenvalue weighted by Crippen LogP contribution is 2.51. The Morgan fingerprint density at radius 2 is 0.923 bits per heavy atom. The molecule has 9 rings (SSSR count). The quantitative estimate of drug-likeness (QED) is 0.191. The third-order valence-corrected chi connectivity index (χ3v) is 11.9. The molecule has 2 aliphatic heterocycles. The van der Waals surface area contributed by atoms with Crippen LogP contribution in [0.15, 0.2) is 145 Å². The van der Waals surface area contributed by atoms with Crippen LogP contribution >= 0.6 is 63.7 Å². The van der Waals surface area contributed by atoms with Crippen LogP contribution in [0.1, 0.15) is 22.8 Å². The first-order valence-electron chi connectivity index (χ1n) is 16.6. The molecule has 52 heavy (non-hydrogen) atoms. The first-order chi connectivity index (χ1) is 25.4. The van der Waals surface area contributed by atoms with E-state index in [2.05, 4.69) is 213 Å². The van der Waals surface area contributed by atoms with Gasteiger partial charge in [-0.2, -0.15) is 0 Å². The third kappa shape index (κ3) is 5.97. The minimum Gasteiger partial charge on any atom is -0.355 e. The lowest BCUT2D eigenvalue weighted by Crippen LogP contribution is -1.98. The van der Waals surface area contributed by atoms with Gasteiger partial charge in [-0.05, 0) is 112 Å². The maximum absolute atomic E-state index is 5.34. The predicted molar refractivity (Wildman–Crippen MR) is 231 cm³/mol. The summed E-state index contributed by atoms with van der Waals surface area (Å²) >= 11 is 15.9. The van der Waals surface area contributed by atoms with E-state index in [-0.39, 0.29) is 0 Å². The normalized spacial score (nSPS) is 12.1. The number of aromatic amines is 1. The summed E-state index contributed by atoms with van der Waals surface area (Å²) in [6, 6.07) is 44.2. The standard InChI is InChI=1S/C44H26Br4N4/c45-34-12-4-1-9-31(34)41-38-22-21-29(51-38)24-28-18-17-26(49-28)23-27-19-20-30(50-27)25-40-42(32-10-2-5-13-35(32)46)43(33-11-3-6-14-36(33)47)44(41)52(40)39-16-8-7-15-37(39)48/h1-25,49H. The van der Waals surface area contributed by atoms with Gasteiger partial charge in [0.1, 0.15) is 0 Å². The molecule has 0 radical (unpaired) electrons. The molecule has 1 N–H and O–H groups in total. The van der Waals surface area contributed by atoms with Gasteiger partial charge in [0.05, 0.1) is 39.5 Å².